The van der Waals surface area contributed by atoms with E-state index in [2.05, 4.69) is 15.9 Å². The lowest BCUT2D eigenvalue weighted by atomic mass is 10.2. The first kappa shape index (κ1) is 10.4. The van der Waals surface area contributed by atoms with Crippen molar-refractivity contribution in [1.29, 1.82) is 0 Å². The maximum atomic E-state index is 10.4. The van der Waals surface area contributed by atoms with Crippen LogP contribution in [-0.2, 0) is 4.79 Å². The highest BCUT2D eigenvalue weighted by Crippen LogP contribution is 2.25. The Labute approximate surface area is 87.5 Å². The van der Waals surface area contributed by atoms with E-state index in [0.29, 0.717) is 5.57 Å². The van der Waals surface area contributed by atoms with Crippen LogP contribution < -0.4 is 0 Å². The first-order valence-corrected chi connectivity index (χ1v) is 5.09. The Morgan fingerprint density at radius 1 is 1.69 bits per heavy atom. The van der Waals surface area contributed by atoms with E-state index >= 15 is 0 Å². The van der Waals surface area contributed by atoms with Crippen molar-refractivity contribution < 1.29 is 15.0 Å². The van der Waals surface area contributed by atoms with Gasteiger partial charge in [-0.2, -0.15) is 0 Å². The molecule has 1 aromatic heterocycles. The van der Waals surface area contributed by atoms with E-state index in [1.807, 2.05) is 5.38 Å². The highest BCUT2D eigenvalue weighted by Gasteiger charge is 2.05. The molecule has 0 saturated carbocycles. The molecule has 13 heavy (non-hydrogen) atoms. The summed E-state index contributed by atoms with van der Waals surface area (Å²) in [6.45, 7) is -0.265. The van der Waals surface area contributed by atoms with Crippen molar-refractivity contribution in [3.63, 3.8) is 0 Å². The van der Waals surface area contributed by atoms with Gasteiger partial charge in [0.2, 0.25) is 0 Å². The van der Waals surface area contributed by atoms with Crippen molar-refractivity contribution in [2.45, 2.75) is 0 Å². The largest absolute Gasteiger partial charge is 0.478 e. The number of carbonyl (C=O) groups is 1. The predicted octanol–water partition coefficient (Wildman–Crippen LogP) is 1.97. The fourth-order valence-corrected chi connectivity index (χ4v) is 2.26. The van der Waals surface area contributed by atoms with Crippen LogP contribution in [0.5, 0.6) is 0 Å². The van der Waals surface area contributed by atoms with Crippen LogP contribution in [0, 0.1) is 0 Å². The number of halogens is 1. The van der Waals surface area contributed by atoms with Crippen LogP contribution in [0.4, 0.5) is 0 Å². The summed E-state index contributed by atoms with van der Waals surface area (Å²) < 4.78 is 0.886. The van der Waals surface area contributed by atoms with Gasteiger partial charge in [0, 0.05) is 26.4 Å². The van der Waals surface area contributed by atoms with E-state index in [1.54, 1.807) is 6.07 Å². The minimum Gasteiger partial charge on any atom is -0.478 e. The minimum atomic E-state index is -1.05. The highest BCUT2D eigenvalue weighted by molar-refractivity contribution is 9.10. The van der Waals surface area contributed by atoms with Crippen LogP contribution in [0.3, 0.4) is 0 Å². The van der Waals surface area contributed by atoms with Gasteiger partial charge in [0.15, 0.2) is 0 Å². The molecule has 0 bridgehead atoms. The van der Waals surface area contributed by atoms with Gasteiger partial charge in [-0.1, -0.05) is 0 Å². The van der Waals surface area contributed by atoms with Crippen LogP contribution in [-0.4, -0.2) is 22.8 Å². The molecule has 0 saturated heterocycles. The van der Waals surface area contributed by atoms with Crippen molar-refractivity contribution in [1.82, 2.24) is 0 Å². The van der Waals surface area contributed by atoms with Crippen LogP contribution in [0.1, 0.15) is 4.88 Å². The van der Waals surface area contributed by atoms with Gasteiger partial charge in [0.1, 0.15) is 0 Å². The first-order chi connectivity index (χ1) is 6.13. The average molecular weight is 263 g/mol. The third kappa shape index (κ3) is 2.95. The van der Waals surface area contributed by atoms with E-state index < -0.39 is 5.97 Å². The van der Waals surface area contributed by atoms with Gasteiger partial charge >= 0.3 is 5.97 Å². The second-order valence-corrected chi connectivity index (χ2v) is 4.12. The normalized spacial score (nSPS) is 11.7. The van der Waals surface area contributed by atoms with Crippen molar-refractivity contribution >= 4 is 38.8 Å². The fourth-order valence-electron chi connectivity index (χ4n) is 0.825. The quantitative estimate of drug-likeness (QED) is 0.820. The smallest absolute Gasteiger partial charge is 0.328 e. The molecule has 0 aliphatic rings. The Hall–Kier alpha value is -0.650. The minimum absolute atomic E-state index is 0.265. The maximum Gasteiger partial charge on any atom is 0.328 e. The van der Waals surface area contributed by atoms with E-state index in [4.69, 9.17) is 10.2 Å². The summed E-state index contributed by atoms with van der Waals surface area (Å²) in [4.78, 5) is 11.1. The summed E-state index contributed by atoms with van der Waals surface area (Å²) in [5.74, 6) is -1.05. The molecule has 0 aliphatic carbocycles. The van der Waals surface area contributed by atoms with Crippen molar-refractivity contribution in [3.05, 3.63) is 26.9 Å². The van der Waals surface area contributed by atoms with Gasteiger partial charge in [0.05, 0.1) is 6.61 Å². The number of carboxylic acids is 1. The molecule has 1 aromatic rings. The molecule has 1 heterocycles. The third-order valence-electron chi connectivity index (χ3n) is 1.35. The molecule has 0 aliphatic heterocycles. The molecule has 0 radical (unpaired) electrons. The maximum absolute atomic E-state index is 10.4. The number of thiophene rings is 1. The third-order valence-corrected chi connectivity index (χ3v) is 3.12. The number of aliphatic carboxylic acids is 1. The average Bonchev–Trinajstić information content (AvgIpc) is 2.47. The van der Waals surface area contributed by atoms with Crippen molar-refractivity contribution in [2.75, 3.05) is 6.61 Å². The number of aliphatic hydroxyl groups is 1. The Bertz CT molecular complexity index is 343. The molecule has 3 nitrogen and oxygen atoms in total. The summed E-state index contributed by atoms with van der Waals surface area (Å²) in [6.07, 6.45) is 1.01. The molecule has 0 aromatic carbocycles. The van der Waals surface area contributed by atoms with Gasteiger partial charge in [-0.05, 0) is 22.0 Å². The monoisotopic (exact) mass is 262 g/mol. The molecular weight excluding hydrogens is 256 g/mol. The Morgan fingerprint density at radius 3 is 2.77 bits per heavy atom. The zero-order chi connectivity index (χ0) is 9.84. The summed E-state index contributed by atoms with van der Waals surface area (Å²) in [6, 6.07) is 1.77. The number of aliphatic hydroxyl groups excluding tert-OH is 1. The fraction of sp³-hybridized carbons (Fsp3) is 0.125. The van der Waals surface area contributed by atoms with Gasteiger partial charge < -0.3 is 10.2 Å². The molecule has 70 valence electrons. The first-order valence-electron chi connectivity index (χ1n) is 3.42. The summed E-state index contributed by atoms with van der Waals surface area (Å²) in [5, 5.41) is 19.2. The molecule has 1 rings (SSSR count). The summed E-state index contributed by atoms with van der Waals surface area (Å²) in [5.41, 5.74) is 0.420. The lowest BCUT2D eigenvalue weighted by molar-refractivity contribution is -0.131. The second-order valence-electron chi connectivity index (χ2n) is 2.30. The van der Waals surface area contributed by atoms with Crippen LogP contribution in [0.2, 0.25) is 0 Å². The Balaban J connectivity index is 2.97. The van der Waals surface area contributed by atoms with Gasteiger partial charge in [-0.3, -0.25) is 0 Å². The molecular formula is C8H7BrO3S. The summed E-state index contributed by atoms with van der Waals surface area (Å²) in [7, 11) is 0. The molecule has 0 fully saturated rings. The van der Waals surface area contributed by atoms with Gasteiger partial charge in [-0.25, -0.2) is 4.79 Å². The van der Waals surface area contributed by atoms with Crippen LogP contribution in [0.15, 0.2) is 22.0 Å². The van der Waals surface area contributed by atoms with E-state index in [0.717, 1.165) is 15.4 Å². The molecule has 5 heteroatoms. The van der Waals surface area contributed by atoms with Crippen molar-refractivity contribution in [3.8, 4) is 0 Å². The molecule has 0 atom stereocenters. The van der Waals surface area contributed by atoms with Crippen LogP contribution >= 0.6 is 27.3 Å². The van der Waals surface area contributed by atoms with Gasteiger partial charge in [-0.15, -0.1) is 11.3 Å². The zero-order valence-electron chi connectivity index (χ0n) is 6.53. The number of hydrogen-bond acceptors (Lipinski definition) is 3. The van der Waals surface area contributed by atoms with Crippen LogP contribution in [0.25, 0.3) is 5.57 Å². The highest BCUT2D eigenvalue weighted by atomic mass is 79.9. The van der Waals surface area contributed by atoms with Gasteiger partial charge in [0.25, 0.3) is 0 Å². The molecule has 0 spiro atoms. The molecule has 2 N–H and O–H groups in total. The number of hydrogen-bond donors (Lipinski definition) is 2. The van der Waals surface area contributed by atoms with Crippen molar-refractivity contribution in [2.24, 2.45) is 0 Å². The Morgan fingerprint density at radius 2 is 2.38 bits per heavy atom. The lowest BCUT2D eigenvalue weighted by Gasteiger charge is -1.97. The predicted molar refractivity (Wildman–Crippen MR) is 54.7 cm³/mol. The number of carboxylic acid groups (broad SMARTS) is 1. The van der Waals surface area contributed by atoms with E-state index in [-0.39, 0.29) is 6.61 Å². The van der Waals surface area contributed by atoms with E-state index in [1.165, 1.54) is 11.3 Å². The molecule has 0 amide bonds. The lowest BCUT2D eigenvalue weighted by Crippen LogP contribution is -1.94. The summed E-state index contributed by atoms with van der Waals surface area (Å²) >= 11 is 4.64. The standard InChI is InChI=1S/C8H7BrO3S/c9-6-2-7(13-4-6)5(3-10)1-8(11)12/h1-2,4,10H,3H2,(H,11,12)/b5-1+. The van der Waals surface area contributed by atoms with E-state index in [9.17, 15) is 4.79 Å². The number of rotatable bonds is 3. The molecule has 0 unspecified atom stereocenters. The Kier molecular flexibility index (Phi) is 3.65. The second kappa shape index (κ2) is 4.55. The SMILES string of the molecule is O=C(O)/C=C(\CO)c1cc(Br)cs1. The zero-order valence-corrected chi connectivity index (χ0v) is 8.93. The topological polar surface area (TPSA) is 57.5 Å².